The van der Waals surface area contributed by atoms with Crippen molar-refractivity contribution in [3.05, 3.63) is 12.3 Å². The summed E-state index contributed by atoms with van der Waals surface area (Å²) in [5, 5.41) is 7.25. The van der Waals surface area contributed by atoms with Crippen LogP contribution in [-0.2, 0) is 16.6 Å². The van der Waals surface area contributed by atoms with Crippen molar-refractivity contribution in [2.45, 2.75) is 32.7 Å². The van der Waals surface area contributed by atoms with Gasteiger partial charge < -0.3 is 10.1 Å². The Labute approximate surface area is 95.8 Å². The third-order valence-electron chi connectivity index (χ3n) is 2.18. The molecule has 5 nitrogen and oxygen atoms in total. The van der Waals surface area contributed by atoms with E-state index in [9.17, 15) is 4.79 Å². The summed E-state index contributed by atoms with van der Waals surface area (Å²) in [5.74, 6) is 0.490. The lowest BCUT2D eigenvalue weighted by Gasteiger charge is -2.15. The predicted octanol–water partition coefficient (Wildman–Crippen LogP) is 1.56. The molecule has 1 aromatic rings. The van der Waals surface area contributed by atoms with Crippen LogP contribution in [-0.4, -0.2) is 28.4 Å². The van der Waals surface area contributed by atoms with Gasteiger partial charge in [0.05, 0.1) is 6.61 Å². The summed E-state index contributed by atoms with van der Waals surface area (Å²) in [4.78, 5) is 11.6. The Morgan fingerprint density at radius 1 is 1.62 bits per heavy atom. The molecule has 1 N–H and O–H groups in total. The van der Waals surface area contributed by atoms with Crippen LogP contribution in [0.2, 0.25) is 0 Å². The maximum atomic E-state index is 11.6. The Morgan fingerprint density at radius 2 is 2.38 bits per heavy atom. The average Bonchev–Trinajstić information content (AvgIpc) is 2.64. The second kappa shape index (κ2) is 6.15. The second-order valence-corrected chi connectivity index (χ2v) is 3.61. The van der Waals surface area contributed by atoms with Crippen LogP contribution >= 0.6 is 0 Å². The normalized spacial score (nSPS) is 12.2. The van der Waals surface area contributed by atoms with Gasteiger partial charge >= 0.3 is 5.97 Å². The van der Waals surface area contributed by atoms with Crippen molar-refractivity contribution in [1.29, 1.82) is 0 Å². The number of carbonyl (C=O) groups is 1. The SMILES string of the molecule is CCCC(Nc1ccn(C)n1)C(=O)OCC. The molecule has 0 radical (unpaired) electrons. The van der Waals surface area contributed by atoms with Crippen molar-refractivity contribution in [1.82, 2.24) is 9.78 Å². The molecule has 0 saturated carbocycles. The number of anilines is 1. The van der Waals surface area contributed by atoms with Crippen molar-refractivity contribution in [3.63, 3.8) is 0 Å². The van der Waals surface area contributed by atoms with Crippen LogP contribution in [0.25, 0.3) is 0 Å². The molecular formula is C11H19N3O2. The Bertz CT molecular complexity index is 336. The van der Waals surface area contributed by atoms with Gasteiger partial charge in [0.1, 0.15) is 11.9 Å². The number of ether oxygens (including phenoxy) is 1. The van der Waals surface area contributed by atoms with E-state index in [0.717, 1.165) is 12.8 Å². The maximum Gasteiger partial charge on any atom is 0.328 e. The van der Waals surface area contributed by atoms with Crippen LogP contribution in [0.5, 0.6) is 0 Å². The van der Waals surface area contributed by atoms with Gasteiger partial charge in [-0.2, -0.15) is 5.10 Å². The molecule has 0 aliphatic rings. The van der Waals surface area contributed by atoms with Gasteiger partial charge in [-0.05, 0) is 13.3 Å². The van der Waals surface area contributed by atoms with E-state index in [1.54, 1.807) is 4.68 Å². The molecule has 0 aliphatic carbocycles. The van der Waals surface area contributed by atoms with Crippen LogP contribution in [0.15, 0.2) is 12.3 Å². The molecule has 0 aromatic carbocycles. The molecule has 0 amide bonds. The summed E-state index contributed by atoms with van der Waals surface area (Å²) >= 11 is 0. The summed E-state index contributed by atoms with van der Waals surface area (Å²) in [5.41, 5.74) is 0. The first kappa shape index (κ1) is 12.5. The van der Waals surface area contributed by atoms with Gasteiger partial charge in [0.25, 0.3) is 0 Å². The largest absolute Gasteiger partial charge is 0.464 e. The molecule has 1 rings (SSSR count). The zero-order chi connectivity index (χ0) is 12.0. The molecule has 90 valence electrons. The number of carbonyl (C=O) groups excluding carboxylic acids is 1. The van der Waals surface area contributed by atoms with E-state index < -0.39 is 0 Å². The van der Waals surface area contributed by atoms with Crippen LogP contribution in [0.3, 0.4) is 0 Å². The zero-order valence-electron chi connectivity index (χ0n) is 10.1. The number of esters is 1. The van der Waals surface area contributed by atoms with E-state index in [0.29, 0.717) is 12.4 Å². The summed E-state index contributed by atoms with van der Waals surface area (Å²) in [6, 6.07) is 1.53. The lowest BCUT2D eigenvalue weighted by Crippen LogP contribution is -2.31. The van der Waals surface area contributed by atoms with Gasteiger partial charge in [-0.3, -0.25) is 4.68 Å². The number of aromatic nitrogens is 2. The van der Waals surface area contributed by atoms with E-state index >= 15 is 0 Å². The van der Waals surface area contributed by atoms with E-state index in [-0.39, 0.29) is 12.0 Å². The highest BCUT2D eigenvalue weighted by Gasteiger charge is 2.19. The smallest absolute Gasteiger partial charge is 0.328 e. The minimum atomic E-state index is -0.306. The van der Waals surface area contributed by atoms with Crippen molar-refractivity contribution in [2.24, 2.45) is 7.05 Å². The van der Waals surface area contributed by atoms with Gasteiger partial charge in [0.2, 0.25) is 0 Å². The number of aryl methyl sites for hydroxylation is 1. The Hall–Kier alpha value is -1.52. The standard InChI is InChI=1S/C11H19N3O2/c1-4-6-9(11(15)16-5-2)12-10-7-8-14(3)13-10/h7-9H,4-6H2,1-3H3,(H,12,13). The Morgan fingerprint density at radius 3 is 2.88 bits per heavy atom. The fourth-order valence-corrected chi connectivity index (χ4v) is 1.45. The highest BCUT2D eigenvalue weighted by Crippen LogP contribution is 2.09. The zero-order valence-corrected chi connectivity index (χ0v) is 10.1. The molecule has 1 atom stereocenters. The molecular weight excluding hydrogens is 206 g/mol. The summed E-state index contributed by atoms with van der Waals surface area (Å²) in [7, 11) is 1.84. The minimum absolute atomic E-state index is 0.213. The number of hydrogen-bond donors (Lipinski definition) is 1. The monoisotopic (exact) mass is 225 g/mol. The van der Waals surface area contributed by atoms with E-state index in [1.165, 1.54) is 0 Å². The number of nitrogens with zero attached hydrogens (tertiary/aromatic N) is 2. The van der Waals surface area contributed by atoms with Crippen molar-refractivity contribution in [3.8, 4) is 0 Å². The number of hydrogen-bond acceptors (Lipinski definition) is 4. The quantitative estimate of drug-likeness (QED) is 0.746. The fourth-order valence-electron chi connectivity index (χ4n) is 1.45. The van der Waals surface area contributed by atoms with Crippen LogP contribution in [0.4, 0.5) is 5.82 Å². The fraction of sp³-hybridized carbons (Fsp3) is 0.636. The summed E-state index contributed by atoms with van der Waals surface area (Å²) < 4.78 is 6.69. The van der Waals surface area contributed by atoms with E-state index in [2.05, 4.69) is 10.4 Å². The predicted molar refractivity (Wildman–Crippen MR) is 62.2 cm³/mol. The Balaban J connectivity index is 2.60. The molecule has 1 heterocycles. The maximum absolute atomic E-state index is 11.6. The van der Waals surface area contributed by atoms with Crippen LogP contribution in [0, 0.1) is 0 Å². The van der Waals surface area contributed by atoms with Gasteiger partial charge in [-0.15, -0.1) is 0 Å². The molecule has 0 saturated heterocycles. The topological polar surface area (TPSA) is 56.2 Å². The second-order valence-electron chi connectivity index (χ2n) is 3.61. The van der Waals surface area contributed by atoms with Crippen molar-refractivity contribution in [2.75, 3.05) is 11.9 Å². The molecule has 1 unspecified atom stereocenters. The first-order valence-electron chi connectivity index (χ1n) is 5.60. The molecule has 1 aromatic heterocycles. The van der Waals surface area contributed by atoms with Gasteiger partial charge in [-0.1, -0.05) is 13.3 Å². The molecule has 0 spiro atoms. The minimum Gasteiger partial charge on any atom is -0.464 e. The van der Waals surface area contributed by atoms with E-state index in [1.807, 2.05) is 33.2 Å². The highest BCUT2D eigenvalue weighted by atomic mass is 16.5. The summed E-state index contributed by atoms with van der Waals surface area (Å²) in [6.07, 6.45) is 3.50. The van der Waals surface area contributed by atoms with Gasteiger partial charge in [0.15, 0.2) is 0 Å². The lowest BCUT2D eigenvalue weighted by atomic mass is 10.1. The third-order valence-corrected chi connectivity index (χ3v) is 2.18. The number of nitrogens with one attached hydrogen (secondary N) is 1. The first-order valence-corrected chi connectivity index (χ1v) is 5.60. The highest BCUT2D eigenvalue weighted by molar-refractivity contribution is 5.78. The Kier molecular flexibility index (Phi) is 4.82. The van der Waals surface area contributed by atoms with E-state index in [4.69, 9.17) is 4.74 Å². The number of rotatable bonds is 6. The molecule has 16 heavy (non-hydrogen) atoms. The molecule has 0 bridgehead atoms. The average molecular weight is 225 g/mol. The van der Waals surface area contributed by atoms with Gasteiger partial charge in [-0.25, -0.2) is 4.79 Å². The van der Waals surface area contributed by atoms with Crippen LogP contribution < -0.4 is 5.32 Å². The van der Waals surface area contributed by atoms with Crippen molar-refractivity contribution < 1.29 is 9.53 Å². The van der Waals surface area contributed by atoms with Crippen molar-refractivity contribution >= 4 is 11.8 Å². The molecule has 0 fully saturated rings. The third kappa shape index (κ3) is 3.56. The molecule has 0 aliphatic heterocycles. The van der Waals surface area contributed by atoms with Gasteiger partial charge in [0, 0.05) is 19.3 Å². The lowest BCUT2D eigenvalue weighted by molar-refractivity contribution is -0.144. The summed E-state index contributed by atoms with van der Waals surface area (Å²) in [6.45, 7) is 4.25. The molecule has 5 heteroatoms. The van der Waals surface area contributed by atoms with Crippen LogP contribution in [0.1, 0.15) is 26.7 Å². The first-order chi connectivity index (χ1) is 7.67.